The number of nitrogens with one attached hydrogen (secondary N) is 1. The zero-order chi connectivity index (χ0) is 16.7. The molecule has 1 atom stereocenters. The molecule has 0 amide bonds. The maximum Gasteiger partial charge on any atom is 0.172 e. The number of para-hydroxylation sites is 1. The van der Waals surface area contributed by atoms with Gasteiger partial charge in [0.25, 0.3) is 0 Å². The van der Waals surface area contributed by atoms with Crippen LogP contribution in [0.25, 0.3) is 6.08 Å². The molecule has 122 valence electrons. The van der Waals surface area contributed by atoms with E-state index in [4.69, 9.17) is 10.6 Å². The minimum absolute atomic E-state index is 0.610. The molecule has 3 N–H and O–H groups in total. The number of hydrogen-bond donors (Lipinski definition) is 2. The molecule has 0 bridgehead atoms. The number of benzene rings is 1. The quantitative estimate of drug-likeness (QED) is 0.868. The van der Waals surface area contributed by atoms with E-state index in [1.165, 1.54) is 6.34 Å². The minimum Gasteiger partial charge on any atom is -0.356 e. The summed E-state index contributed by atoms with van der Waals surface area (Å²) < 4.78 is 0. The molecule has 0 aliphatic carbocycles. The lowest BCUT2D eigenvalue weighted by molar-refractivity contribution is 0.332. The molecule has 1 unspecified atom stereocenters. The Morgan fingerprint density at radius 1 is 1.38 bits per heavy atom. The summed E-state index contributed by atoms with van der Waals surface area (Å²) in [7, 11) is 0. The highest BCUT2D eigenvalue weighted by atomic mass is 16.6. The Morgan fingerprint density at radius 2 is 2.25 bits per heavy atom. The smallest absolute Gasteiger partial charge is 0.172 e. The van der Waals surface area contributed by atoms with Gasteiger partial charge in [0.2, 0.25) is 0 Å². The van der Waals surface area contributed by atoms with Gasteiger partial charge in [0, 0.05) is 23.4 Å². The van der Waals surface area contributed by atoms with Crippen molar-refractivity contribution in [3.8, 4) is 5.75 Å². The van der Waals surface area contributed by atoms with Crippen molar-refractivity contribution in [1.82, 2.24) is 10.4 Å². The lowest BCUT2D eigenvalue weighted by atomic mass is 9.88. The van der Waals surface area contributed by atoms with Gasteiger partial charge in [-0.05, 0) is 26.0 Å². The van der Waals surface area contributed by atoms with Crippen molar-refractivity contribution in [2.24, 2.45) is 20.9 Å². The Hall–Kier alpha value is -2.93. The van der Waals surface area contributed by atoms with E-state index >= 15 is 0 Å². The molecule has 1 aromatic carbocycles. The second-order valence-corrected chi connectivity index (χ2v) is 5.75. The van der Waals surface area contributed by atoms with E-state index in [0.717, 1.165) is 34.8 Å². The zero-order valence-electron chi connectivity index (χ0n) is 13.5. The van der Waals surface area contributed by atoms with Crippen LogP contribution in [0.2, 0.25) is 0 Å². The first-order valence-electron chi connectivity index (χ1n) is 7.82. The first kappa shape index (κ1) is 14.6. The largest absolute Gasteiger partial charge is 0.356 e. The van der Waals surface area contributed by atoms with Crippen molar-refractivity contribution in [3.63, 3.8) is 0 Å². The van der Waals surface area contributed by atoms with Crippen molar-refractivity contribution in [2.45, 2.75) is 19.5 Å². The molecule has 3 aliphatic heterocycles. The van der Waals surface area contributed by atoms with E-state index in [1.54, 1.807) is 6.21 Å². The van der Waals surface area contributed by atoms with E-state index < -0.39 is 5.66 Å². The number of likely N-dealkylation sites (N-methyl/N-ethyl adjacent to an activating group) is 1. The van der Waals surface area contributed by atoms with Crippen LogP contribution >= 0.6 is 0 Å². The standard InChI is InChI=1S/C17H18N6O/c1-3-23-16-14(11(2)22-23)17(18,20-10-19-16)13-8-4-6-12-7-5-9-21-24-15(12)13/h4-10,22H,3,18H2,1-2H3. The summed E-state index contributed by atoms with van der Waals surface area (Å²) in [6, 6.07) is 5.82. The van der Waals surface area contributed by atoms with Crippen molar-refractivity contribution in [3.05, 3.63) is 46.7 Å². The number of hydrogen-bond acceptors (Lipinski definition) is 7. The Morgan fingerprint density at radius 3 is 3.08 bits per heavy atom. The van der Waals surface area contributed by atoms with Gasteiger partial charge in [0.15, 0.2) is 17.2 Å². The van der Waals surface area contributed by atoms with Gasteiger partial charge >= 0.3 is 0 Å². The summed E-state index contributed by atoms with van der Waals surface area (Å²) in [5.74, 6) is 1.40. The van der Waals surface area contributed by atoms with Gasteiger partial charge in [-0.1, -0.05) is 23.4 Å². The predicted molar refractivity (Wildman–Crippen MR) is 94.6 cm³/mol. The van der Waals surface area contributed by atoms with Crippen LogP contribution < -0.4 is 16.0 Å². The average molecular weight is 322 g/mol. The number of nitrogens with zero attached hydrogens (tertiary/aromatic N) is 4. The average Bonchev–Trinajstić information content (AvgIpc) is 2.77. The van der Waals surface area contributed by atoms with Crippen molar-refractivity contribution in [2.75, 3.05) is 6.54 Å². The molecule has 3 heterocycles. The normalized spacial score (nSPS) is 24.1. The molecular formula is C17H18N6O. The van der Waals surface area contributed by atoms with Gasteiger partial charge in [-0.3, -0.25) is 10.7 Å². The summed E-state index contributed by atoms with van der Waals surface area (Å²) in [5, 5.41) is 5.90. The lowest BCUT2D eigenvalue weighted by Gasteiger charge is -2.31. The molecule has 4 rings (SSSR count). The minimum atomic E-state index is -1.09. The molecule has 0 aromatic heterocycles. The van der Waals surface area contributed by atoms with Crippen LogP contribution in [0, 0.1) is 0 Å². The number of nitrogens with two attached hydrogens (primary N) is 1. The van der Waals surface area contributed by atoms with Gasteiger partial charge in [-0.25, -0.2) is 9.98 Å². The molecule has 7 heteroatoms. The summed E-state index contributed by atoms with van der Waals surface area (Å²) >= 11 is 0. The first-order valence-corrected chi connectivity index (χ1v) is 7.82. The van der Waals surface area contributed by atoms with E-state index in [9.17, 15) is 0 Å². The number of allylic oxidation sites excluding steroid dienone is 2. The SMILES string of the molecule is CCN1NC(C)=C2C1=NC=NC2(N)c1cccc2c1ON=CC=C2. The van der Waals surface area contributed by atoms with Gasteiger partial charge in [0.05, 0.1) is 11.8 Å². The fourth-order valence-electron chi connectivity index (χ4n) is 3.23. The van der Waals surface area contributed by atoms with E-state index in [0.29, 0.717) is 5.75 Å². The van der Waals surface area contributed by atoms with Crippen molar-refractivity contribution < 1.29 is 4.84 Å². The van der Waals surface area contributed by atoms with E-state index in [2.05, 4.69) is 20.6 Å². The number of rotatable bonds is 2. The zero-order valence-corrected chi connectivity index (χ0v) is 13.5. The lowest BCUT2D eigenvalue weighted by Crippen LogP contribution is -2.45. The summed E-state index contributed by atoms with van der Waals surface area (Å²) in [6.07, 6.45) is 6.88. The maximum absolute atomic E-state index is 6.79. The highest BCUT2D eigenvalue weighted by Crippen LogP contribution is 2.42. The monoisotopic (exact) mass is 322 g/mol. The number of aliphatic imine (C=N–C) groups is 2. The molecule has 24 heavy (non-hydrogen) atoms. The number of oxime groups is 1. The van der Waals surface area contributed by atoms with Gasteiger partial charge < -0.3 is 10.3 Å². The second-order valence-electron chi connectivity index (χ2n) is 5.75. The summed E-state index contributed by atoms with van der Waals surface area (Å²) in [6.45, 7) is 4.79. The molecule has 7 nitrogen and oxygen atoms in total. The van der Waals surface area contributed by atoms with Crippen LogP contribution in [0.5, 0.6) is 5.75 Å². The van der Waals surface area contributed by atoms with Gasteiger partial charge in [0.1, 0.15) is 6.34 Å². The third-order valence-corrected chi connectivity index (χ3v) is 4.32. The van der Waals surface area contributed by atoms with Crippen LogP contribution in [-0.2, 0) is 5.66 Å². The number of amidine groups is 1. The molecule has 3 aliphatic rings. The van der Waals surface area contributed by atoms with Gasteiger partial charge in [-0.2, -0.15) is 0 Å². The third-order valence-electron chi connectivity index (χ3n) is 4.32. The Kier molecular flexibility index (Phi) is 3.24. The maximum atomic E-state index is 6.79. The topological polar surface area (TPSA) is 87.6 Å². The van der Waals surface area contributed by atoms with Gasteiger partial charge in [-0.15, -0.1) is 0 Å². The van der Waals surface area contributed by atoms with Crippen LogP contribution in [0.4, 0.5) is 0 Å². The van der Waals surface area contributed by atoms with Crippen LogP contribution in [0.1, 0.15) is 25.0 Å². The molecule has 1 aromatic rings. The fourth-order valence-corrected chi connectivity index (χ4v) is 3.23. The van der Waals surface area contributed by atoms with E-state index in [-0.39, 0.29) is 0 Å². The fraction of sp³-hybridized carbons (Fsp3) is 0.235. The number of fused-ring (bicyclic) bond motifs is 2. The summed E-state index contributed by atoms with van der Waals surface area (Å²) in [5.41, 5.74) is 12.4. The summed E-state index contributed by atoms with van der Waals surface area (Å²) in [4.78, 5) is 14.5. The molecule has 0 saturated carbocycles. The Labute approximate surface area is 139 Å². The predicted octanol–water partition coefficient (Wildman–Crippen LogP) is 1.74. The van der Waals surface area contributed by atoms with Crippen molar-refractivity contribution in [1.29, 1.82) is 0 Å². The van der Waals surface area contributed by atoms with Crippen molar-refractivity contribution >= 4 is 24.5 Å². The molecular weight excluding hydrogens is 304 g/mol. The molecule has 0 fully saturated rings. The Balaban J connectivity index is 1.90. The molecule has 0 saturated heterocycles. The highest BCUT2D eigenvalue weighted by Gasteiger charge is 2.44. The third kappa shape index (κ3) is 1.98. The first-order chi connectivity index (χ1) is 11.6. The molecule has 0 radical (unpaired) electrons. The molecule has 0 spiro atoms. The van der Waals surface area contributed by atoms with Crippen LogP contribution in [0.3, 0.4) is 0 Å². The number of hydrazine groups is 1. The van der Waals surface area contributed by atoms with E-state index in [1.807, 2.05) is 49.2 Å². The Bertz CT molecular complexity index is 851. The van der Waals surface area contributed by atoms with Crippen LogP contribution in [-0.4, -0.2) is 29.9 Å². The second kappa shape index (κ2) is 5.31. The van der Waals surface area contributed by atoms with Crippen LogP contribution in [0.15, 0.2) is 50.7 Å². The highest BCUT2D eigenvalue weighted by molar-refractivity contribution is 6.07.